The first kappa shape index (κ1) is 21.2. The second-order valence-corrected chi connectivity index (χ2v) is 7.00. The quantitative estimate of drug-likeness (QED) is 0.283. The van der Waals surface area contributed by atoms with E-state index in [-0.39, 0.29) is 12.0 Å². The van der Waals surface area contributed by atoms with Crippen molar-refractivity contribution in [2.45, 2.75) is 90.1 Å². The summed E-state index contributed by atoms with van der Waals surface area (Å²) in [7, 11) is 0. The highest BCUT2D eigenvalue weighted by Gasteiger charge is 2.15. The molecule has 24 heavy (non-hydrogen) atoms. The van der Waals surface area contributed by atoms with Crippen molar-refractivity contribution < 1.29 is 9.53 Å². The fourth-order valence-electron chi connectivity index (χ4n) is 2.84. The predicted octanol–water partition coefficient (Wildman–Crippen LogP) is 3.58. The Balaban J connectivity index is 1.86. The summed E-state index contributed by atoms with van der Waals surface area (Å²) in [6.45, 7) is 3.77. The first-order valence-corrected chi connectivity index (χ1v) is 10.1. The van der Waals surface area contributed by atoms with Gasteiger partial charge in [-0.1, -0.05) is 58.3 Å². The molecule has 1 fully saturated rings. The van der Waals surface area contributed by atoms with Gasteiger partial charge >= 0.3 is 0 Å². The van der Waals surface area contributed by atoms with Gasteiger partial charge in [0.25, 0.3) is 0 Å². The van der Waals surface area contributed by atoms with Crippen LogP contribution in [0.15, 0.2) is 0 Å². The number of hydrogen-bond acceptors (Lipinski definition) is 3. The number of carbonyl (C=O) groups is 1. The Bertz CT molecular complexity index is 347. The maximum atomic E-state index is 11.7. The van der Waals surface area contributed by atoms with Crippen LogP contribution >= 0.6 is 12.2 Å². The van der Waals surface area contributed by atoms with Crippen LogP contribution in [0.3, 0.4) is 0 Å². The van der Waals surface area contributed by atoms with Gasteiger partial charge in [-0.25, -0.2) is 0 Å². The van der Waals surface area contributed by atoms with E-state index in [0.29, 0.717) is 18.1 Å². The number of ether oxygens (including phenoxy) is 1. The molecule has 0 aromatic heterocycles. The highest BCUT2D eigenvalue weighted by Crippen LogP contribution is 2.11. The minimum atomic E-state index is -0.000729. The van der Waals surface area contributed by atoms with Gasteiger partial charge in [0.05, 0.1) is 6.10 Å². The lowest BCUT2D eigenvalue weighted by atomic mass is 10.1. The molecule has 0 unspecified atom stereocenters. The summed E-state index contributed by atoms with van der Waals surface area (Å²) in [5.74, 6) is -0.000729. The van der Waals surface area contributed by atoms with E-state index in [1.54, 1.807) is 0 Å². The highest BCUT2D eigenvalue weighted by molar-refractivity contribution is 7.80. The monoisotopic (exact) mass is 357 g/mol. The Morgan fingerprint density at radius 1 is 1.04 bits per heavy atom. The summed E-state index contributed by atoms with van der Waals surface area (Å²) in [5, 5.41) is 3.52. The van der Waals surface area contributed by atoms with E-state index in [9.17, 15) is 4.79 Å². The van der Waals surface area contributed by atoms with E-state index in [0.717, 1.165) is 32.3 Å². The zero-order valence-corrected chi connectivity index (χ0v) is 16.0. The molecule has 1 rings (SSSR count). The maximum Gasteiger partial charge on any atom is 0.238 e. The zero-order valence-electron chi connectivity index (χ0n) is 15.2. The first-order chi connectivity index (χ1) is 11.7. The Kier molecular flexibility index (Phi) is 12.8. The van der Waals surface area contributed by atoms with Crippen LogP contribution in [-0.2, 0) is 9.53 Å². The molecular formula is C18H35N3O2S. The molecule has 0 radical (unpaired) electrons. The van der Waals surface area contributed by atoms with Crippen molar-refractivity contribution in [2.24, 2.45) is 0 Å². The van der Waals surface area contributed by atoms with Crippen molar-refractivity contribution >= 4 is 23.2 Å². The van der Waals surface area contributed by atoms with E-state index in [2.05, 4.69) is 23.1 Å². The van der Waals surface area contributed by atoms with Crippen molar-refractivity contribution in [3.63, 3.8) is 0 Å². The van der Waals surface area contributed by atoms with Crippen molar-refractivity contribution in [3.8, 4) is 0 Å². The number of unbranched alkanes of at least 4 members (excludes halogenated alkanes) is 8. The normalized spacial score (nSPS) is 16.8. The first-order valence-electron chi connectivity index (χ1n) is 9.66. The lowest BCUT2D eigenvalue weighted by Crippen LogP contribution is -2.48. The molecule has 0 saturated carbocycles. The van der Waals surface area contributed by atoms with Crippen LogP contribution in [0.1, 0.15) is 84.0 Å². The molecule has 0 spiro atoms. The average molecular weight is 358 g/mol. The molecule has 3 N–H and O–H groups in total. The van der Waals surface area contributed by atoms with E-state index >= 15 is 0 Å². The van der Waals surface area contributed by atoms with E-state index in [1.165, 1.54) is 44.9 Å². The van der Waals surface area contributed by atoms with Gasteiger partial charge in [-0.2, -0.15) is 0 Å². The zero-order chi connectivity index (χ0) is 17.5. The molecule has 1 atom stereocenters. The minimum absolute atomic E-state index is 0.000729. The number of rotatable bonds is 12. The molecule has 1 amide bonds. The van der Waals surface area contributed by atoms with Gasteiger partial charge in [-0.3, -0.25) is 15.6 Å². The van der Waals surface area contributed by atoms with E-state index in [1.807, 2.05) is 0 Å². The fraction of sp³-hybridized carbons (Fsp3) is 0.889. The lowest BCUT2D eigenvalue weighted by Gasteiger charge is -2.14. The largest absolute Gasteiger partial charge is 0.376 e. The number of hydrogen-bond donors (Lipinski definition) is 3. The van der Waals surface area contributed by atoms with Gasteiger partial charge in [-0.05, 0) is 31.5 Å². The third-order valence-electron chi connectivity index (χ3n) is 4.34. The minimum Gasteiger partial charge on any atom is -0.376 e. The van der Waals surface area contributed by atoms with Gasteiger partial charge in [0, 0.05) is 19.6 Å². The number of carbonyl (C=O) groups excluding carboxylic acids is 1. The molecular weight excluding hydrogens is 322 g/mol. The summed E-state index contributed by atoms with van der Waals surface area (Å²) in [6, 6.07) is 0. The van der Waals surface area contributed by atoms with Gasteiger partial charge in [0.1, 0.15) is 0 Å². The van der Waals surface area contributed by atoms with Gasteiger partial charge < -0.3 is 10.1 Å². The summed E-state index contributed by atoms with van der Waals surface area (Å²) in [5.41, 5.74) is 5.40. The van der Waals surface area contributed by atoms with Crippen LogP contribution in [0.5, 0.6) is 0 Å². The molecule has 1 heterocycles. The number of amides is 1. The standard InChI is InChI=1S/C18H35N3O2S/c1-2-3-4-5-6-7-8-9-10-13-17(22)20-21-18(24)19-15-16-12-11-14-23-16/h16H,2-15H2,1H3,(H,20,22)(H2,19,21,24)/t16-/m1/s1. The maximum absolute atomic E-state index is 11.7. The smallest absolute Gasteiger partial charge is 0.238 e. The molecule has 1 aliphatic rings. The third-order valence-corrected chi connectivity index (χ3v) is 4.58. The molecule has 0 aliphatic carbocycles. The Labute approximate surface area is 152 Å². The van der Waals surface area contributed by atoms with Gasteiger partial charge in [0.15, 0.2) is 5.11 Å². The summed E-state index contributed by atoms with van der Waals surface area (Å²) in [4.78, 5) is 11.7. The SMILES string of the molecule is CCCCCCCCCCCC(=O)NNC(=S)NC[C@H]1CCCO1. The molecule has 1 aliphatic heterocycles. The van der Waals surface area contributed by atoms with Crippen LogP contribution in [0.25, 0.3) is 0 Å². The lowest BCUT2D eigenvalue weighted by molar-refractivity contribution is -0.121. The Morgan fingerprint density at radius 2 is 1.71 bits per heavy atom. The molecule has 0 bridgehead atoms. The fourth-order valence-corrected chi connectivity index (χ4v) is 2.98. The van der Waals surface area contributed by atoms with Crippen molar-refractivity contribution in [3.05, 3.63) is 0 Å². The Morgan fingerprint density at radius 3 is 2.33 bits per heavy atom. The van der Waals surface area contributed by atoms with E-state index in [4.69, 9.17) is 17.0 Å². The summed E-state index contributed by atoms with van der Waals surface area (Å²) in [6.07, 6.45) is 14.3. The van der Waals surface area contributed by atoms with Gasteiger partial charge in [0.2, 0.25) is 5.91 Å². The molecule has 6 heteroatoms. The summed E-state index contributed by atoms with van der Waals surface area (Å²) >= 11 is 5.13. The predicted molar refractivity (Wildman–Crippen MR) is 103 cm³/mol. The summed E-state index contributed by atoms with van der Waals surface area (Å²) < 4.78 is 5.50. The van der Waals surface area contributed by atoms with Crippen molar-refractivity contribution in [1.29, 1.82) is 0 Å². The third kappa shape index (κ3) is 11.6. The number of thiocarbonyl (C=S) groups is 1. The van der Waals surface area contributed by atoms with Gasteiger partial charge in [-0.15, -0.1) is 0 Å². The molecule has 140 valence electrons. The topological polar surface area (TPSA) is 62.4 Å². The second kappa shape index (κ2) is 14.5. The molecule has 0 aromatic rings. The molecule has 1 saturated heterocycles. The Hall–Kier alpha value is -0.880. The second-order valence-electron chi connectivity index (χ2n) is 6.60. The highest BCUT2D eigenvalue weighted by atomic mass is 32.1. The van der Waals surface area contributed by atoms with E-state index < -0.39 is 0 Å². The van der Waals surface area contributed by atoms with Crippen LogP contribution in [0, 0.1) is 0 Å². The molecule has 0 aromatic carbocycles. The molecule has 5 nitrogen and oxygen atoms in total. The number of nitrogens with one attached hydrogen (secondary N) is 3. The van der Waals surface area contributed by atoms with Crippen LogP contribution in [-0.4, -0.2) is 30.3 Å². The van der Waals surface area contributed by atoms with Crippen LogP contribution in [0.2, 0.25) is 0 Å². The van der Waals surface area contributed by atoms with Crippen LogP contribution < -0.4 is 16.2 Å². The van der Waals surface area contributed by atoms with Crippen molar-refractivity contribution in [2.75, 3.05) is 13.2 Å². The number of hydrazine groups is 1. The van der Waals surface area contributed by atoms with Crippen molar-refractivity contribution in [1.82, 2.24) is 16.2 Å². The average Bonchev–Trinajstić information content (AvgIpc) is 3.10. The van der Waals surface area contributed by atoms with Crippen LogP contribution in [0.4, 0.5) is 0 Å².